The molecule has 0 saturated heterocycles. The van der Waals surface area contributed by atoms with Crippen molar-refractivity contribution < 1.29 is 9.90 Å². The number of nitrogens with one attached hydrogen (secondary N) is 1. The third-order valence-corrected chi connectivity index (χ3v) is 4.91. The van der Waals surface area contributed by atoms with Crippen molar-refractivity contribution in [1.82, 2.24) is 10.3 Å². The number of nitrogens with zero attached hydrogens (tertiary/aromatic N) is 1. The number of aromatic nitrogens is 1. The molecular weight excluding hydrogens is 396 g/mol. The van der Waals surface area contributed by atoms with E-state index in [1.807, 2.05) is 72.8 Å². The SMILES string of the molecule is Cl.O=C(NCCCc1ccccc1)c1c(O)c(-c2ccccc2)nc2ccccc12. The first-order valence-corrected chi connectivity index (χ1v) is 9.73. The van der Waals surface area contributed by atoms with Gasteiger partial charge in [0.05, 0.1) is 11.1 Å². The van der Waals surface area contributed by atoms with Crippen LogP contribution in [0.1, 0.15) is 22.3 Å². The number of amides is 1. The molecule has 0 fully saturated rings. The van der Waals surface area contributed by atoms with Gasteiger partial charge in [0, 0.05) is 17.5 Å². The Morgan fingerprint density at radius 3 is 2.23 bits per heavy atom. The van der Waals surface area contributed by atoms with Crippen LogP contribution in [0.5, 0.6) is 5.75 Å². The largest absolute Gasteiger partial charge is 0.505 e. The zero-order chi connectivity index (χ0) is 20.1. The van der Waals surface area contributed by atoms with Gasteiger partial charge in [0.2, 0.25) is 0 Å². The highest BCUT2D eigenvalue weighted by molar-refractivity contribution is 6.10. The number of carbonyl (C=O) groups is 1. The second-order valence-corrected chi connectivity index (χ2v) is 6.91. The van der Waals surface area contributed by atoms with Crippen molar-refractivity contribution in [3.8, 4) is 17.0 Å². The lowest BCUT2D eigenvalue weighted by Gasteiger charge is -2.13. The Labute approximate surface area is 182 Å². The maximum atomic E-state index is 13.0. The third-order valence-electron chi connectivity index (χ3n) is 4.91. The molecule has 4 nitrogen and oxygen atoms in total. The standard InChI is InChI=1S/C25H22N2O2.ClH/c28-24-22(25(29)26-17-9-12-18-10-3-1-4-11-18)20-15-7-8-16-21(20)27-23(24)19-13-5-2-6-14-19;/h1-8,10-11,13-16,28H,9,12,17H2,(H,26,29);1H. The minimum Gasteiger partial charge on any atom is -0.505 e. The molecule has 0 spiro atoms. The topological polar surface area (TPSA) is 62.2 Å². The summed E-state index contributed by atoms with van der Waals surface area (Å²) in [7, 11) is 0. The van der Waals surface area contributed by atoms with Crippen molar-refractivity contribution in [3.05, 3.63) is 96.1 Å². The molecule has 4 rings (SSSR count). The number of carbonyl (C=O) groups excluding carboxylic acids is 1. The van der Waals surface area contributed by atoms with E-state index in [1.165, 1.54) is 5.56 Å². The summed E-state index contributed by atoms with van der Waals surface area (Å²) in [5.41, 5.74) is 3.38. The highest BCUT2D eigenvalue weighted by Gasteiger charge is 2.20. The molecule has 0 radical (unpaired) electrons. The van der Waals surface area contributed by atoms with Crippen molar-refractivity contribution in [1.29, 1.82) is 0 Å². The van der Waals surface area contributed by atoms with E-state index in [0.29, 0.717) is 23.1 Å². The molecule has 0 aliphatic rings. The van der Waals surface area contributed by atoms with Crippen LogP contribution < -0.4 is 5.32 Å². The summed E-state index contributed by atoms with van der Waals surface area (Å²) in [5.74, 6) is -0.373. The first-order chi connectivity index (χ1) is 14.2. The molecule has 2 N–H and O–H groups in total. The molecule has 0 aliphatic carbocycles. The predicted molar refractivity (Wildman–Crippen MR) is 123 cm³/mol. The number of benzene rings is 3. The van der Waals surface area contributed by atoms with Gasteiger partial charge >= 0.3 is 0 Å². The van der Waals surface area contributed by atoms with E-state index in [4.69, 9.17) is 0 Å². The van der Waals surface area contributed by atoms with Gasteiger partial charge in [0.1, 0.15) is 5.69 Å². The molecule has 30 heavy (non-hydrogen) atoms. The van der Waals surface area contributed by atoms with Crippen LogP contribution in [-0.4, -0.2) is 22.5 Å². The van der Waals surface area contributed by atoms with Crippen LogP contribution >= 0.6 is 12.4 Å². The summed E-state index contributed by atoms with van der Waals surface area (Å²) in [6, 6.07) is 27.0. The van der Waals surface area contributed by atoms with Gasteiger partial charge < -0.3 is 10.4 Å². The van der Waals surface area contributed by atoms with Crippen LogP contribution in [0, 0.1) is 0 Å². The fourth-order valence-electron chi connectivity index (χ4n) is 3.46. The lowest BCUT2D eigenvalue weighted by Crippen LogP contribution is -2.25. The number of aryl methyl sites for hydroxylation is 1. The molecule has 0 unspecified atom stereocenters. The fraction of sp³-hybridized carbons (Fsp3) is 0.120. The number of rotatable bonds is 6. The van der Waals surface area contributed by atoms with Gasteiger partial charge in [-0.05, 0) is 24.5 Å². The lowest BCUT2D eigenvalue weighted by atomic mass is 10.0. The normalized spacial score (nSPS) is 10.4. The summed E-state index contributed by atoms with van der Waals surface area (Å²) < 4.78 is 0. The predicted octanol–water partition coefficient (Wildman–Crippen LogP) is 5.39. The Kier molecular flexibility index (Phi) is 7.04. The molecule has 1 aromatic heterocycles. The average molecular weight is 419 g/mol. The van der Waals surface area contributed by atoms with Gasteiger partial charge in [-0.25, -0.2) is 4.98 Å². The number of fused-ring (bicyclic) bond motifs is 1. The maximum absolute atomic E-state index is 13.0. The second-order valence-electron chi connectivity index (χ2n) is 6.91. The smallest absolute Gasteiger partial charge is 0.255 e. The van der Waals surface area contributed by atoms with Gasteiger partial charge in [-0.2, -0.15) is 0 Å². The Morgan fingerprint density at radius 2 is 1.50 bits per heavy atom. The second kappa shape index (κ2) is 9.90. The summed E-state index contributed by atoms with van der Waals surface area (Å²) >= 11 is 0. The summed E-state index contributed by atoms with van der Waals surface area (Å²) in [5, 5.41) is 14.5. The van der Waals surface area contributed by atoms with E-state index in [2.05, 4.69) is 22.4 Å². The minimum absolute atomic E-state index is 0. The van der Waals surface area contributed by atoms with Crippen LogP contribution in [-0.2, 0) is 6.42 Å². The molecule has 3 aromatic carbocycles. The molecule has 0 atom stereocenters. The van der Waals surface area contributed by atoms with Crippen LogP contribution in [0.2, 0.25) is 0 Å². The highest BCUT2D eigenvalue weighted by atomic mass is 35.5. The molecule has 4 aromatic rings. The van der Waals surface area contributed by atoms with E-state index in [-0.39, 0.29) is 29.6 Å². The van der Waals surface area contributed by atoms with Crippen LogP contribution in [0.4, 0.5) is 0 Å². The number of aromatic hydroxyl groups is 1. The first-order valence-electron chi connectivity index (χ1n) is 9.73. The molecule has 1 heterocycles. The van der Waals surface area contributed by atoms with Crippen molar-refractivity contribution in [3.63, 3.8) is 0 Å². The number of halogens is 1. The molecule has 0 bridgehead atoms. The number of hydrogen-bond acceptors (Lipinski definition) is 3. The van der Waals surface area contributed by atoms with Gasteiger partial charge in [-0.15, -0.1) is 12.4 Å². The lowest BCUT2D eigenvalue weighted by molar-refractivity contribution is 0.0952. The van der Waals surface area contributed by atoms with E-state index in [0.717, 1.165) is 18.4 Å². The zero-order valence-electron chi connectivity index (χ0n) is 16.4. The molecular formula is C25H23ClN2O2. The Hall–Kier alpha value is -3.37. The van der Waals surface area contributed by atoms with Gasteiger partial charge in [0.15, 0.2) is 5.75 Å². The van der Waals surface area contributed by atoms with Crippen LogP contribution in [0.25, 0.3) is 22.2 Å². The van der Waals surface area contributed by atoms with E-state index in [1.54, 1.807) is 0 Å². The van der Waals surface area contributed by atoms with Gasteiger partial charge in [-0.3, -0.25) is 4.79 Å². The van der Waals surface area contributed by atoms with Crippen molar-refractivity contribution >= 4 is 29.2 Å². The minimum atomic E-state index is -0.286. The van der Waals surface area contributed by atoms with E-state index >= 15 is 0 Å². The Balaban J connectivity index is 0.00000256. The number of pyridine rings is 1. The highest BCUT2D eigenvalue weighted by Crippen LogP contribution is 2.35. The molecule has 5 heteroatoms. The number of hydrogen-bond donors (Lipinski definition) is 2. The maximum Gasteiger partial charge on any atom is 0.255 e. The van der Waals surface area contributed by atoms with Crippen molar-refractivity contribution in [2.45, 2.75) is 12.8 Å². The molecule has 1 amide bonds. The Morgan fingerprint density at radius 1 is 0.867 bits per heavy atom. The molecule has 0 aliphatic heterocycles. The summed E-state index contributed by atoms with van der Waals surface area (Å²) in [4.78, 5) is 17.6. The Bertz CT molecular complexity index is 1130. The molecule has 152 valence electrons. The zero-order valence-corrected chi connectivity index (χ0v) is 17.2. The summed E-state index contributed by atoms with van der Waals surface area (Å²) in [6.45, 7) is 0.532. The average Bonchev–Trinajstić information content (AvgIpc) is 2.77. The van der Waals surface area contributed by atoms with Gasteiger partial charge in [-0.1, -0.05) is 78.9 Å². The van der Waals surface area contributed by atoms with E-state index < -0.39 is 0 Å². The fourth-order valence-corrected chi connectivity index (χ4v) is 3.46. The quantitative estimate of drug-likeness (QED) is 0.412. The van der Waals surface area contributed by atoms with Gasteiger partial charge in [0.25, 0.3) is 5.91 Å². The van der Waals surface area contributed by atoms with Crippen molar-refractivity contribution in [2.75, 3.05) is 6.54 Å². The molecule has 0 saturated carbocycles. The van der Waals surface area contributed by atoms with Crippen LogP contribution in [0.15, 0.2) is 84.9 Å². The van der Waals surface area contributed by atoms with Crippen molar-refractivity contribution in [2.24, 2.45) is 0 Å². The monoisotopic (exact) mass is 418 g/mol. The number of para-hydroxylation sites is 1. The van der Waals surface area contributed by atoms with E-state index in [9.17, 15) is 9.90 Å². The van der Waals surface area contributed by atoms with Crippen LogP contribution in [0.3, 0.4) is 0 Å². The third kappa shape index (κ3) is 4.61. The summed E-state index contributed by atoms with van der Waals surface area (Å²) in [6.07, 6.45) is 1.71. The first kappa shape index (κ1) is 21.3.